The molecule has 0 saturated heterocycles. The Morgan fingerprint density at radius 2 is 1.73 bits per heavy atom. The Morgan fingerprint density at radius 3 is 2.36 bits per heavy atom. The molecule has 0 aromatic heterocycles. The minimum absolute atomic E-state index is 0.00893. The third kappa shape index (κ3) is 5.90. The molecule has 0 aliphatic rings. The largest absolute Gasteiger partial charge is 0.494 e. The lowest BCUT2D eigenvalue weighted by atomic mass is 10.0. The van der Waals surface area contributed by atoms with Gasteiger partial charge in [0.25, 0.3) is 5.91 Å². The highest BCUT2D eigenvalue weighted by Crippen LogP contribution is 2.29. The summed E-state index contributed by atoms with van der Waals surface area (Å²) in [6.45, 7) is 6.17. The van der Waals surface area contributed by atoms with Crippen molar-refractivity contribution in [3.63, 3.8) is 0 Å². The zero-order valence-corrected chi connectivity index (χ0v) is 19.9. The number of rotatable bonds is 10. The summed E-state index contributed by atoms with van der Waals surface area (Å²) < 4.78 is 34.5. The molecule has 0 spiro atoms. The van der Waals surface area contributed by atoms with Crippen LogP contribution < -0.4 is 10.2 Å². The molecule has 33 heavy (non-hydrogen) atoms. The van der Waals surface area contributed by atoms with E-state index < -0.39 is 22.0 Å². The number of hydrogen-bond donors (Lipinski definition) is 2. The van der Waals surface area contributed by atoms with Gasteiger partial charge in [-0.2, -0.15) is 4.31 Å². The van der Waals surface area contributed by atoms with Gasteiger partial charge in [-0.05, 0) is 59.9 Å². The van der Waals surface area contributed by atoms with Crippen molar-refractivity contribution in [1.29, 1.82) is 0 Å². The molecule has 0 heterocycles. The van der Waals surface area contributed by atoms with Crippen molar-refractivity contribution in [3.8, 4) is 5.75 Å². The molecule has 3 aromatic carbocycles. The van der Waals surface area contributed by atoms with Gasteiger partial charge in [-0.25, -0.2) is 13.9 Å². The lowest BCUT2D eigenvalue weighted by Crippen LogP contribution is -2.49. The van der Waals surface area contributed by atoms with Gasteiger partial charge in [0.2, 0.25) is 10.0 Å². The standard InChI is InChI=1S/C25H30N2O5S/c1-4-32-22-12-10-20-11-13-23(16-21(20)15-22)33(30,31)27(17-19-8-6-5-7-9-19)24(14-18(2)3)25(28)26-29/h5-13,15-16,18,24,29H,4,14,17H2,1-3H3,(H,26,28). The van der Waals surface area contributed by atoms with Crippen LogP contribution in [0.4, 0.5) is 0 Å². The van der Waals surface area contributed by atoms with Crippen LogP contribution in [0.2, 0.25) is 0 Å². The fourth-order valence-corrected chi connectivity index (χ4v) is 5.38. The number of ether oxygens (including phenoxy) is 1. The fourth-order valence-electron chi connectivity index (χ4n) is 3.76. The van der Waals surface area contributed by atoms with E-state index in [2.05, 4.69) is 0 Å². The van der Waals surface area contributed by atoms with Gasteiger partial charge in [-0.1, -0.05) is 56.3 Å². The van der Waals surface area contributed by atoms with Crippen LogP contribution in [0.1, 0.15) is 32.8 Å². The van der Waals surface area contributed by atoms with Crippen LogP contribution in [-0.4, -0.2) is 36.5 Å². The number of hydroxylamine groups is 1. The van der Waals surface area contributed by atoms with Crippen LogP contribution in [0.15, 0.2) is 71.6 Å². The lowest BCUT2D eigenvalue weighted by Gasteiger charge is -2.30. The van der Waals surface area contributed by atoms with Crippen molar-refractivity contribution in [2.75, 3.05) is 6.61 Å². The van der Waals surface area contributed by atoms with Gasteiger partial charge in [0, 0.05) is 6.54 Å². The van der Waals surface area contributed by atoms with E-state index in [0.29, 0.717) is 17.7 Å². The van der Waals surface area contributed by atoms with E-state index in [1.165, 1.54) is 4.31 Å². The number of hydrogen-bond acceptors (Lipinski definition) is 5. The summed E-state index contributed by atoms with van der Waals surface area (Å²) in [6, 6.07) is 18.4. The summed E-state index contributed by atoms with van der Waals surface area (Å²) in [5.74, 6) is -0.0909. The molecule has 7 nitrogen and oxygen atoms in total. The van der Waals surface area contributed by atoms with E-state index in [1.807, 2.05) is 51.1 Å². The van der Waals surface area contributed by atoms with E-state index in [-0.39, 0.29) is 23.8 Å². The number of fused-ring (bicyclic) bond motifs is 1. The van der Waals surface area contributed by atoms with Gasteiger partial charge in [-0.15, -0.1) is 0 Å². The highest BCUT2D eigenvalue weighted by molar-refractivity contribution is 7.89. The van der Waals surface area contributed by atoms with Crippen LogP contribution in [0.5, 0.6) is 5.75 Å². The monoisotopic (exact) mass is 470 g/mol. The molecule has 1 unspecified atom stereocenters. The smallest absolute Gasteiger partial charge is 0.261 e. The summed E-state index contributed by atoms with van der Waals surface area (Å²) in [4.78, 5) is 12.7. The first-order chi connectivity index (χ1) is 15.8. The molecule has 3 rings (SSSR count). The fraction of sp³-hybridized carbons (Fsp3) is 0.320. The molecule has 0 aliphatic carbocycles. The Hall–Kier alpha value is -2.94. The number of carbonyl (C=O) groups excluding carboxylic acids is 1. The average Bonchev–Trinajstić information content (AvgIpc) is 2.81. The highest BCUT2D eigenvalue weighted by atomic mass is 32.2. The maximum Gasteiger partial charge on any atom is 0.261 e. The first-order valence-corrected chi connectivity index (χ1v) is 12.4. The first kappa shape index (κ1) is 24.7. The molecule has 176 valence electrons. The zero-order valence-electron chi connectivity index (χ0n) is 19.1. The van der Waals surface area contributed by atoms with Crippen molar-refractivity contribution in [2.45, 2.75) is 44.7 Å². The van der Waals surface area contributed by atoms with Crippen LogP contribution in [0.25, 0.3) is 10.8 Å². The van der Waals surface area contributed by atoms with Gasteiger partial charge in [-0.3, -0.25) is 10.0 Å². The lowest BCUT2D eigenvalue weighted by molar-refractivity contribution is -0.133. The van der Waals surface area contributed by atoms with Crippen LogP contribution in [0.3, 0.4) is 0 Å². The second-order valence-corrected chi connectivity index (χ2v) is 10.2. The Labute approximate surface area is 195 Å². The predicted octanol–water partition coefficient (Wildman–Crippen LogP) is 4.35. The third-order valence-corrected chi connectivity index (χ3v) is 7.19. The number of nitrogens with one attached hydrogen (secondary N) is 1. The molecule has 0 aliphatic heterocycles. The van der Waals surface area contributed by atoms with E-state index in [4.69, 9.17) is 4.74 Å². The van der Waals surface area contributed by atoms with Crippen LogP contribution in [-0.2, 0) is 21.4 Å². The molecule has 2 N–H and O–H groups in total. The summed E-state index contributed by atoms with van der Waals surface area (Å²) in [7, 11) is -4.10. The molecule has 3 aromatic rings. The van der Waals surface area contributed by atoms with Gasteiger partial charge in [0.15, 0.2) is 0 Å². The van der Waals surface area contributed by atoms with Crippen LogP contribution in [0, 0.1) is 5.92 Å². The molecule has 0 bridgehead atoms. The molecular weight excluding hydrogens is 440 g/mol. The average molecular weight is 471 g/mol. The maximum atomic E-state index is 13.9. The Balaban J connectivity index is 2.11. The van der Waals surface area contributed by atoms with Gasteiger partial charge < -0.3 is 4.74 Å². The molecule has 1 amide bonds. The van der Waals surface area contributed by atoms with Crippen molar-refractivity contribution >= 4 is 26.7 Å². The Morgan fingerprint density at radius 1 is 1.03 bits per heavy atom. The SMILES string of the molecule is CCOc1ccc2ccc(S(=O)(=O)N(Cc3ccccc3)C(CC(C)C)C(=O)NO)cc2c1. The van der Waals surface area contributed by atoms with E-state index in [1.54, 1.807) is 41.9 Å². The van der Waals surface area contributed by atoms with Gasteiger partial charge >= 0.3 is 0 Å². The van der Waals surface area contributed by atoms with Crippen molar-refractivity contribution in [3.05, 3.63) is 72.3 Å². The zero-order chi connectivity index (χ0) is 24.0. The van der Waals surface area contributed by atoms with E-state index in [0.717, 1.165) is 10.9 Å². The number of carbonyl (C=O) groups is 1. The Kier molecular flexibility index (Phi) is 8.07. The quantitative estimate of drug-likeness (QED) is 0.339. The summed E-state index contributed by atoms with van der Waals surface area (Å²) in [6.07, 6.45) is 0.251. The van der Waals surface area contributed by atoms with Gasteiger partial charge in [0.05, 0.1) is 11.5 Å². The number of benzene rings is 3. The second-order valence-electron chi connectivity index (χ2n) is 8.26. The summed E-state index contributed by atoms with van der Waals surface area (Å²) in [5.41, 5.74) is 2.39. The molecule has 0 radical (unpaired) electrons. The number of amides is 1. The minimum atomic E-state index is -4.10. The highest BCUT2D eigenvalue weighted by Gasteiger charge is 2.36. The van der Waals surface area contributed by atoms with Crippen molar-refractivity contribution < 1.29 is 23.2 Å². The molecule has 1 atom stereocenters. The van der Waals surface area contributed by atoms with Gasteiger partial charge in [0.1, 0.15) is 11.8 Å². The number of sulfonamides is 1. The molecule has 8 heteroatoms. The summed E-state index contributed by atoms with van der Waals surface area (Å²) in [5, 5.41) is 10.9. The predicted molar refractivity (Wildman–Crippen MR) is 127 cm³/mol. The number of nitrogens with zero attached hydrogens (tertiary/aromatic N) is 1. The maximum absolute atomic E-state index is 13.9. The molecular formula is C25H30N2O5S. The minimum Gasteiger partial charge on any atom is -0.494 e. The molecule has 0 saturated carbocycles. The van der Waals surface area contributed by atoms with E-state index in [9.17, 15) is 18.4 Å². The topological polar surface area (TPSA) is 95.9 Å². The van der Waals surface area contributed by atoms with Crippen LogP contribution >= 0.6 is 0 Å². The first-order valence-electron chi connectivity index (χ1n) is 10.9. The van der Waals surface area contributed by atoms with Crippen molar-refractivity contribution in [2.24, 2.45) is 5.92 Å². The second kappa shape index (κ2) is 10.8. The van der Waals surface area contributed by atoms with Crippen molar-refractivity contribution in [1.82, 2.24) is 9.79 Å². The molecule has 0 fully saturated rings. The summed E-state index contributed by atoms with van der Waals surface area (Å²) >= 11 is 0. The van der Waals surface area contributed by atoms with E-state index >= 15 is 0 Å². The Bertz CT molecular complexity index is 1200. The normalized spacial score (nSPS) is 12.8. The third-order valence-electron chi connectivity index (χ3n) is 5.34.